The molecule has 0 aliphatic rings. The van der Waals surface area contributed by atoms with Crippen molar-refractivity contribution >= 4 is 0 Å². The van der Waals surface area contributed by atoms with Crippen molar-refractivity contribution in [2.24, 2.45) is 0 Å². The summed E-state index contributed by atoms with van der Waals surface area (Å²) < 4.78 is 13.5. The fourth-order valence-corrected chi connectivity index (χ4v) is 1.54. The molecular weight excluding hydrogens is 177 g/mol. The Morgan fingerprint density at radius 2 is 1.93 bits per heavy atom. The van der Waals surface area contributed by atoms with Gasteiger partial charge in [-0.15, -0.1) is 0 Å². The summed E-state index contributed by atoms with van der Waals surface area (Å²) in [4.78, 5) is 0. The van der Waals surface area contributed by atoms with Crippen LogP contribution in [-0.2, 0) is 5.41 Å². The summed E-state index contributed by atoms with van der Waals surface area (Å²) in [5.74, 6) is -0.115. The SMILES string of the molecule is CCNCC(C)(C)c1ccccc1F. The quantitative estimate of drug-likeness (QED) is 0.779. The Bertz CT molecular complexity index is 294. The Balaban J connectivity index is 2.86. The zero-order valence-electron chi connectivity index (χ0n) is 9.10. The van der Waals surface area contributed by atoms with Gasteiger partial charge in [0.1, 0.15) is 5.82 Å². The summed E-state index contributed by atoms with van der Waals surface area (Å²) >= 11 is 0. The Morgan fingerprint density at radius 3 is 2.50 bits per heavy atom. The van der Waals surface area contributed by atoms with Gasteiger partial charge in [0.2, 0.25) is 0 Å². The van der Waals surface area contributed by atoms with E-state index in [-0.39, 0.29) is 11.2 Å². The third-order valence-corrected chi connectivity index (χ3v) is 2.42. The van der Waals surface area contributed by atoms with Crippen LogP contribution in [0, 0.1) is 5.82 Å². The van der Waals surface area contributed by atoms with Crippen LogP contribution >= 0.6 is 0 Å². The van der Waals surface area contributed by atoms with Crippen molar-refractivity contribution < 1.29 is 4.39 Å². The molecule has 0 aromatic heterocycles. The van der Waals surface area contributed by atoms with Crippen molar-refractivity contribution in [1.29, 1.82) is 0 Å². The Labute approximate surface area is 85.3 Å². The largest absolute Gasteiger partial charge is 0.316 e. The standard InChI is InChI=1S/C12H18FN/c1-4-14-9-12(2,3)10-7-5-6-8-11(10)13/h5-8,14H,4,9H2,1-3H3. The van der Waals surface area contributed by atoms with E-state index in [0.29, 0.717) is 0 Å². The number of halogens is 1. The fraction of sp³-hybridized carbons (Fsp3) is 0.500. The van der Waals surface area contributed by atoms with Crippen LogP contribution in [0.1, 0.15) is 26.3 Å². The second-order valence-electron chi connectivity index (χ2n) is 4.14. The molecule has 0 unspecified atom stereocenters. The lowest BCUT2D eigenvalue weighted by Crippen LogP contribution is -2.33. The zero-order valence-corrected chi connectivity index (χ0v) is 9.10. The molecule has 0 atom stereocenters. The summed E-state index contributed by atoms with van der Waals surface area (Å²) in [5.41, 5.74) is 0.627. The van der Waals surface area contributed by atoms with E-state index in [9.17, 15) is 4.39 Å². The summed E-state index contributed by atoms with van der Waals surface area (Å²) in [6.07, 6.45) is 0. The Hall–Kier alpha value is -0.890. The minimum Gasteiger partial charge on any atom is -0.316 e. The molecule has 2 heteroatoms. The molecule has 1 aromatic carbocycles. The van der Waals surface area contributed by atoms with Gasteiger partial charge in [0, 0.05) is 12.0 Å². The molecule has 0 amide bonds. The van der Waals surface area contributed by atoms with Gasteiger partial charge >= 0.3 is 0 Å². The molecule has 0 bridgehead atoms. The van der Waals surface area contributed by atoms with Crippen LogP contribution in [-0.4, -0.2) is 13.1 Å². The lowest BCUT2D eigenvalue weighted by atomic mass is 9.84. The van der Waals surface area contributed by atoms with E-state index >= 15 is 0 Å². The second kappa shape index (κ2) is 4.56. The third-order valence-electron chi connectivity index (χ3n) is 2.42. The van der Waals surface area contributed by atoms with Crippen LogP contribution in [0.3, 0.4) is 0 Å². The summed E-state index contributed by atoms with van der Waals surface area (Å²) in [5, 5.41) is 3.25. The zero-order chi connectivity index (χ0) is 10.6. The van der Waals surface area contributed by atoms with Crippen molar-refractivity contribution in [1.82, 2.24) is 5.32 Å². The molecule has 0 heterocycles. The van der Waals surface area contributed by atoms with Gasteiger partial charge in [-0.05, 0) is 18.2 Å². The van der Waals surface area contributed by atoms with Crippen LogP contribution in [0.2, 0.25) is 0 Å². The first-order chi connectivity index (χ1) is 6.58. The molecule has 0 aliphatic carbocycles. The molecule has 0 radical (unpaired) electrons. The number of hydrogen-bond donors (Lipinski definition) is 1. The van der Waals surface area contributed by atoms with Gasteiger partial charge in [0.15, 0.2) is 0 Å². The smallest absolute Gasteiger partial charge is 0.126 e. The van der Waals surface area contributed by atoms with Crippen molar-refractivity contribution in [3.63, 3.8) is 0 Å². The highest BCUT2D eigenvalue weighted by molar-refractivity contribution is 5.25. The van der Waals surface area contributed by atoms with E-state index < -0.39 is 0 Å². The fourth-order valence-electron chi connectivity index (χ4n) is 1.54. The summed E-state index contributed by atoms with van der Waals surface area (Å²) in [6, 6.07) is 6.98. The highest BCUT2D eigenvalue weighted by atomic mass is 19.1. The first-order valence-electron chi connectivity index (χ1n) is 5.03. The summed E-state index contributed by atoms with van der Waals surface area (Å²) in [6.45, 7) is 7.86. The third kappa shape index (κ3) is 2.55. The van der Waals surface area contributed by atoms with Gasteiger partial charge in [-0.1, -0.05) is 39.0 Å². The molecule has 14 heavy (non-hydrogen) atoms. The Morgan fingerprint density at radius 1 is 1.29 bits per heavy atom. The van der Waals surface area contributed by atoms with E-state index in [1.54, 1.807) is 6.07 Å². The van der Waals surface area contributed by atoms with Crippen LogP contribution in [0.25, 0.3) is 0 Å². The van der Waals surface area contributed by atoms with Gasteiger partial charge < -0.3 is 5.32 Å². The monoisotopic (exact) mass is 195 g/mol. The number of likely N-dealkylation sites (N-methyl/N-ethyl adjacent to an activating group) is 1. The average molecular weight is 195 g/mol. The van der Waals surface area contributed by atoms with E-state index in [2.05, 4.69) is 12.2 Å². The first kappa shape index (κ1) is 11.2. The molecule has 1 aromatic rings. The maximum atomic E-state index is 13.5. The first-order valence-corrected chi connectivity index (χ1v) is 5.03. The molecule has 0 fully saturated rings. The molecule has 1 nitrogen and oxygen atoms in total. The molecule has 0 spiro atoms. The van der Waals surface area contributed by atoms with E-state index in [1.165, 1.54) is 6.07 Å². The average Bonchev–Trinajstić information content (AvgIpc) is 2.15. The topological polar surface area (TPSA) is 12.0 Å². The van der Waals surface area contributed by atoms with E-state index in [4.69, 9.17) is 0 Å². The van der Waals surface area contributed by atoms with Crippen LogP contribution in [0.15, 0.2) is 24.3 Å². The van der Waals surface area contributed by atoms with E-state index in [0.717, 1.165) is 18.7 Å². The van der Waals surface area contributed by atoms with Gasteiger partial charge in [-0.25, -0.2) is 4.39 Å². The van der Waals surface area contributed by atoms with Crippen molar-refractivity contribution in [2.75, 3.05) is 13.1 Å². The van der Waals surface area contributed by atoms with Crippen molar-refractivity contribution in [2.45, 2.75) is 26.2 Å². The number of benzene rings is 1. The maximum absolute atomic E-state index is 13.5. The van der Waals surface area contributed by atoms with Crippen LogP contribution in [0.5, 0.6) is 0 Å². The lowest BCUT2D eigenvalue weighted by Gasteiger charge is -2.25. The molecule has 1 N–H and O–H groups in total. The summed E-state index contributed by atoms with van der Waals surface area (Å²) in [7, 11) is 0. The molecular formula is C12H18FN. The number of nitrogens with one attached hydrogen (secondary N) is 1. The molecule has 1 rings (SSSR count). The van der Waals surface area contributed by atoms with Crippen molar-refractivity contribution in [3.8, 4) is 0 Å². The Kier molecular flexibility index (Phi) is 3.64. The van der Waals surface area contributed by atoms with Crippen molar-refractivity contribution in [3.05, 3.63) is 35.6 Å². The van der Waals surface area contributed by atoms with Crippen LogP contribution < -0.4 is 5.32 Å². The second-order valence-corrected chi connectivity index (χ2v) is 4.14. The van der Waals surface area contributed by atoms with E-state index in [1.807, 2.05) is 26.0 Å². The molecule has 78 valence electrons. The highest BCUT2D eigenvalue weighted by Gasteiger charge is 2.22. The number of hydrogen-bond acceptors (Lipinski definition) is 1. The molecule has 0 aliphatic heterocycles. The number of rotatable bonds is 4. The maximum Gasteiger partial charge on any atom is 0.126 e. The predicted molar refractivity (Wildman–Crippen MR) is 58.0 cm³/mol. The van der Waals surface area contributed by atoms with Gasteiger partial charge in [0.05, 0.1) is 0 Å². The predicted octanol–water partition coefficient (Wildman–Crippen LogP) is 2.71. The molecule has 0 saturated carbocycles. The molecule has 0 saturated heterocycles. The minimum absolute atomic E-state index is 0.115. The van der Waals surface area contributed by atoms with Crippen LogP contribution in [0.4, 0.5) is 4.39 Å². The van der Waals surface area contributed by atoms with Gasteiger partial charge in [-0.2, -0.15) is 0 Å². The van der Waals surface area contributed by atoms with Gasteiger partial charge in [-0.3, -0.25) is 0 Å². The van der Waals surface area contributed by atoms with Gasteiger partial charge in [0.25, 0.3) is 0 Å². The highest BCUT2D eigenvalue weighted by Crippen LogP contribution is 2.24. The lowest BCUT2D eigenvalue weighted by molar-refractivity contribution is 0.451. The normalized spacial score (nSPS) is 11.7. The minimum atomic E-state index is -0.151.